The van der Waals surface area contributed by atoms with Crippen LogP contribution in [-0.2, 0) is 9.59 Å². The number of halogens is 2. The van der Waals surface area contributed by atoms with E-state index in [-0.39, 0.29) is 17.4 Å². The van der Waals surface area contributed by atoms with Crippen LogP contribution in [0.5, 0.6) is 5.75 Å². The Morgan fingerprint density at radius 3 is 2.22 bits per heavy atom. The van der Waals surface area contributed by atoms with Crippen LogP contribution in [0.1, 0.15) is 15.9 Å². The van der Waals surface area contributed by atoms with Gasteiger partial charge in [0.1, 0.15) is 11.4 Å². The van der Waals surface area contributed by atoms with E-state index >= 15 is 0 Å². The van der Waals surface area contributed by atoms with Crippen molar-refractivity contribution in [2.45, 2.75) is 4.90 Å². The molecule has 3 N–H and O–H groups in total. The number of hydrogen-bond donors (Lipinski definition) is 3. The zero-order chi connectivity index (χ0) is 29.2. The van der Waals surface area contributed by atoms with E-state index in [1.807, 2.05) is 0 Å². The van der Waals surface area contributed by atoms with E-state index in [2.05, 4.69) is 16.0 Å². The van der Waals surface area contributed by atoms with Crippen LogP contribution in [-0.4, -0.2) is 30.6 Å². The summed E-state index contributed by atoms with van der Waals surface area (Å²) < 4.78 is 5.19. The lowest BCUT2D eigenvalue weighted by Gasteiger charge is -2.12. The first-order valence-corrected chi connectivity index (χ1v) is 14.1. The lowest BCUT2D eigenvalue weighted by molar-refractivity contribution is -0.114. The van der Waals surface area contributed by atoms with Crippen molar-refractivity contribution in [1.29, 1.82) is 0 Å². The van der Waals surface area contributed by atoms with Gasteiger partial charge in [-0.3, -0.25) is 14.4 Å². The van der Waals surface area contributed by atoms with Crippen LogP contribution < -0.4 is 20.7 Å². The number of thioether (sulfide) groups is 1. The minimum absolute atomic E-state index is 0.0694. The lowest BCUT2D eigenvalue weighted by atomic mass is 10.1. The van der Waals surface area contributed by atoms with Gasteiger partial charge < -0.3 is 20.7 Å². The molecule has 3 amide bonds. The van der Waals surface area contributed by atoms with Gasteiger partial charge in [0.05, 0.1) is 23.6 Å². The summed E-state index contributed by atoms with van der Waals surface area (Å²) in [4.78, 5) is 39.2. The highest BCUT2D eigenvalue weighted by Crippen LogP contribution is 2.26. The summed E-state index contributed by atoms with van der Waals surface area (Å²) in [5, 5.41) is 9.13. The number of amides is 3. The van der Waals surface area contributed by atoms with Crippen LogP contribution in [0.15, 0.2) is 108 Å². The summed E-state index contributed by atoms with van der Waals surface area (Å²) in [6.07, 6.45) is 1.59. The predicted octanol–water partition coefficient (Wildman–Crippen LogP) is 7.14. The zero-order valence-electron chi connectivity index (χ0n) is 21.8. The average molecular weight is 607 g/mol. The Bertz CT molecular complexity index is 1560. The standard InChI is InChI=1S/C31H25Cl2N3O4S/c1-40-24-12-7-20(8-13-24)17-28(36-30(38)21-5-3-2-4-6-21)31(39)34-23-10-14-25(15-11-23)41-19-29(37)35-27-16-9-22(32)18-26(27)33/h2-18H,19H2,1H3,(H,34,39)(H,35,37)(H,36,38)/b28-17-. The minimum Gasteiger partial charge on any atom is -0.497 e. The Morgan fingerprint density at radius 2 is 1.56 bits per heavy atom. The van der Waals surface area contributed by atoms with Gasteiger partial charge in [0.2, 0.25) is 5.91 Å². The van der Waals surface area contributed by atoms with E-state index in [9.17, 15) is 14.4 Å². The molecule has 0 fully saturated rings. The number of carbonyl (C=O) groups is 3. The second-order valence-electron chi connectivity index (χ2n) is 8.59. The molecule has 4 rings (SSSR count). The van der Waals surface area contributed by atoms with Gasteiger partial charge in [-0.25, -0.2) is 0 Å². The van der Waals surface area contributed by atoms with E-state index in [1.165, 1.54) is 11.8 Å². The molecule has 4 aromatic carbocycles. The first-order chi connectivity index (χ1) is 19.8. The second kappa shape index (κ2) is 14.4. The molecule has 0 aromatic heterocycles. The smallest absolute Gasteiger partial charge is 0.272 e. The van der Waals surface area contributed by atoms with Crippen molar-refractivity contribution in [2.75, 3.05) is 23.5 Å². The molecule has 0 bridgehead atoms. The van der Waals surface area contributed by atoms with Crippen LogP contribution in [0, 0.1) is 0 Å². The molecule has 0 aliphatic heterocycles. The van der Waals surface area contributed by atoms with Crippen LogP contribution in [0.3, 0.4) is 0 Å². The molecular weight excluding hydrogens is 581 g/mol. The molecule has 41 heavy (non-hydrogen) atoms. The summed E-state index contributed by atoms with van der Waals surface area (Å²) >= 11 is 13.3. The highest BCUT2D eigenvalue weighted by molar-refractivity contribution is 8.00. The molecule has 0 spiro atoms. The fraction of sp³-hybridized carbons (Fsp3) is 0.0645. The van der Waals surface area contributed by atoms with Crippen molar-refractivity contribution in [1.82, 2.24) is 5.32 Å². The second-order valence-corrected chi connectivity index (χ2v) is 10.5. The van der Waals surface area contributed by atoms with Gasteiger partial charge in [0.15, 0.2) is 0 Å². The van der Waals surface area contributed by atoms with Crippen LogP contribution >= 0.6 is 35.0 Å². The van der Waals surface area contributed by atoms with E-state index in [4.69, 9.17) is 27.9 Å². The summed E-state index contributed by atoms with van der Waals surface area (Å²) in [5.74, 6) is -0.301. The summed E-state index contributed by atoms with van der Waals surface area (Å²) in [6.45, 7) is 0. The van der Waals surface area contributed by atoms with Crippen molar-refractivity contribution < 1.29 is 19.1 Å². The molecule has 208 valence electrons. The maximum atomic E-state index is 13.2. The number of carbonyl (C=O) groups excluding carboxylic acids is 3. The van der Waals surface area contributed by atoms with Crippen molar-refractivity contribution in [3.8, 4) is 5.75 Å². The Kier molecular flexibility index (Phi) is 10.5. The Labute approximate surface area is 251 Å². The van der Waals surface area contributed by atoms with Gasteiger partial charge in [0, 0.05) is 21.2 Å². The van der Waals surface area contributed by atoms with Gasteiger partial charge in [-0.1, -0.05) is 53.5 Å². The molecule has 0 unspecified atom stereocenters. The predicted molar refractivity (Wildman–Crippen MR) is 166 cm³/mol. The third kappa shape index (κ3) is 8.88. The van der Waals surface area contributed by atoms with E-state index in [1.54, 1.807) is 110 Å². The number of methoxy groups -OCH3 is 1. The lowest BCUT2D eigenvalue weighted by Crippen LogP contribution is -2.30. The third-order valence-corrected chi connectivity index (χ3v) is 7.20. The van der Waals surface area contributed by atoms with Crippen LogP contribution in [0.25, 0.3) is 6.08 Å². The number of rotatable bonds is 10. The number of benzene rings is 4. The molecule has 0 saturated heterocycles. The highest BCUT2D eigenvalue weighted by Gasteiger charge is 2.15. The molecule has 0 aliphatic rings. The van der Waals surface area contributed by atoms with E-state index < -0.39 is 11.8 Å². The van der Waals surface area contributed by atoms with E-state index in [0.717, 1.165) is 4.90 Å². The number of nitrogens with one attached hydrogen (secondary N) is 3. The summed E-state index contributed by atoms with van der Waals surface area (Å²) in [7, 11) is 1.57. The van der Waals surface area contributed by atoms with Gasteiger partial charge in [-0.15, -0.1) is 11.8 Å². The molecule has 4 aromatic rings. The third-order valence-electron chi connectivity index (χ3n) is 5.64. The maximum Gasteiger partial charge on any atom is 0.272 e. The van der Waals surface area contributed by atoms with Crippen molar-refractivity contribution >= 4 is 70.1 Å². The zero-order valence-corrected chi connectivity index (χ0v) is 24.1. The molecule has 0 heterocycles. The topological polar surface area (TPSA) is 96.5 Å². The fourth-order valence-corrected chi connectivity index (χ4v) is 4.72. The Morgan fingerprint density at radius 1 is 0.854 bits per heavy atom. The van der Waals surface area contributed by atoms with Crippen molar-refractivity contribution in [3.63, 3.8) is 0 Å². The van der Waals surface area contributed by atoms with Gasteiger partial charge in [-0.05, 0) is 78.4 Å². The van der Waals surface area contributed by atoms with Gasteiger partial charge >= 0.3 is 0 Å². The quantitative estimate of drug-likeness (QED) is 0.132. The van der Waals surface area contributed by atoms with Crippen LogP contribution in [0.4, 0.5) is 11.4 Å². The first kappa shape index (κ1) is 29.7. The van der Waals surface area contributed by atoms with E-state index in [0.29, 0.717) is 38.3 Å². The molecule has 7 nitrogen and oxygen atoms in total. The monoisotopic (exact) mass is 605 g/mol. The van der Waals surface area contributed by atoms with Gasteiger partial charge in [0.25, 0.3) is 11.8 Å². The Hall–Kier alpha value is -4.24. The molecule has 0 atom stereocenters. The number of ether oxygens (including phenoxy) is 1. The fourth-order valence-electron chi connectivity index (χ4n) is 3.57. The van der Waals surface area contributed by atoms with Crippen molar-refractivity contribution in [3.05, 3.63) is 124 Å². The average Bonchev–Trinajstić information content (AvgIpc) is 2.98. The minimum atomic E-state index is -0.496. The van der Waals surface area contributed by atoms with Crippen molar-refractivity contribution in [2.24, 2.45) is 0 Å². The normalized spacial score (nSPS) is 11.0. The first-order valence-electron chi connectivity index (χ1n) is 12.3. The number of anilines is 2. The highest BCUT2D eigenvalue weighted by atomic mass is 35.5. The van der Waals surface area contributed by atoms with Gasteiger partial charge in [-0.2, -0.15) is 0 Å². The summed E-state index contributed by atoms with van der Waals surface area (Å²) in [5.41, 5.74) is 2.20. The molecule has 0 radical (unpaired) electrons. The number of hydrogen-bond acceptors (Lipinski definition) is 5. The molecular formula is C31H25Cl2N3O4S. The van der Waals surface area contributed by atoms with Crippen LogP contribution in [0.2, 0.25) is 10.0 Å². The maximum absolute atomic E-state index is 13.2. The SMILES string of the molecule is COc1ccc(/C=C(\NC(=O)c2ccccc2)C(=O)Nc2ccc(SCC(=O)Nc3ccc(Cl)cc3Cl)cc2)cc1. The molecule has 0 aliphatic carbocycles. The largest absolute Gasteiger partial charge is 0.497 e. The molecule has 10 heteroatoms. The molecule has 0 saturated carbocycles. The summed E-state index contributed by atoms with van der Waals surface area (Å²) in [6, 6.07) is 27.6. The Balaban J connectivity index is 1.40.